The first kappa shape index (κ1) is 15.2. The summed E-state index contributed by atoms with van der Waals surface area (Å²) in [6.45, 7) is 5.25. The first-order valence-corrected chi connectivity index (χ1v) is 6.87. The van der Waals surface area contributed by atoms with Crippen LogP contribution >= 0.6 is 11.3 Å². The predicted octanol–water partition coefficient (Wildman–Crippen LogP) is 1.32. The second-order valence-corrected chi connectivity index (χ2v) is 5.83. The van der Waals surface area contributed by atoms with Crippen molar-refractivity contribution >= 4 is 16.5 Å². The quantitative estimate of drug-likeness (QED) is 0.785. The monoisotopic (exact) mass is 273 g/mol. The van der Waals surface area contributed by atoms with Gasteiger partial charge < -0.3 is 20.1 Å². The maximum atomic E-state index is 9.71. The zero-order valence-electron chi connectivity index (χ0n) is 11.7. The molecule has 2 N–H and O–H groups in total. The van der Waals surface area contributed by atoms with E-state index in [1.807, 2.05) is 32.8 Å². The summed E-state index contributed by atoms with van der Waals surface area (Å²) in [5.74, 6) is 0.924. The van der Waals surface area contributed by atoms with E-state index in [0.29, 0.717) is 19.0 Å². The summed E-state index contributed by atoms with van der Waals surface area (Å²) >= 11 is 1.60. The lowest BCUT2D eigenvalue weighted by atomic mass is 10.1. The predicted molar refractivity (Wildman–Crippen MR) is 75.5 cm³/mol. The highest BCUT2D eigenvalue weighted by atomic mass is 32.1. The van der Waals surface area contributed by atoms with Crippen LogP contribution in [0.5, 0.6) is 5.88 Å². The van der Waals surface area contributed by atoms with Gasteiger partial charge in [0.2, 0.25) is 5.88 Å². The number of hydrogen-bond acceptors (Lipinski definition) is 6. The Morgan fingerprint density at radius 1 is 1.44 bits per heavy atom. The molecule has 0 spiro atoms. The topological polar surface area (TPSA) is 57.6 Å². The lowest BCUT2D eigenvalue weighted by Gasteiger charge is -2.14. The van der Waals surface area contributed by atoms with Crippen LogP contribution in [0, 0.1) is 5.92 Å². The first-order valence-electron chi connectivity index (χ1n) is 6.05. The van der Waals surface area contributed by atoms with E-state index in [9.17, 15) is 5.11 Å². The van der Waals surface area contributed by atoms with Gasteiger partial charge in [0.05, 0.1) is 18.1 Å². The Morgan fingerprint density at radius 3 is 2.61 bits per heavy atom. The maximum Gasteiger partial charge on any atom is 0.230 e. The number of thiazole rings is 1. The van der Waals surface area contributed by atoms with Gasteiger partial charge in [-0.05, 0) is 5.92 Å². The fourth-order valence-electron chi connectivity index (χ4n) is 1.36. The van der Waals surface area contributed by atoms with Gasteiger partial charge in [0.25, 0.3) is 0 Å². The lowest BCUT2D eigenvalue weighted by Crippen LogP contribution is -2.30. The lowest BCUT2D eigenvalue weighted by molar-refractivity contribution is 0.123. The van der Waals surface area contributed by atoms with E-state index in [1.54, 1.807) is 18.4 Å². The van der Waals surface area contributed by atoms with Crippen molar-refractivity contribution in [3.63, 3.8) is 0 Å². The molecular weight excluding hydrogens is 250 g/mol. The van der Waals surface area contributed by atoms with Gasteiger partial charge in [-0.15, -0.1) is 0 Å². The Kier molecular flexibility index (Phi) is 5.84. The summed E-state index contributed by atoms with van der Waals surface area (Å²) in [5.41, 5.74) is 0. The molecule has 0 radical (unpaired) electrons. The summed E-state index contributed by atoms with van der Waals surface area (Å²) in [4.78, 5) is 7.39. The SMILES string of the molecule is COc1nc(N(C)C)sc1CNCC(O)C(C)C. The molecule has 1 rings (SSSR count). The molecule has 1 aromatic heterocycles. The van der Waals surface area contributed by atoms with Crippen LogP contribution < -0.4 is 15.0 Å². The van der Waals surface area contributed by atoms with Gasteiger partial charge in [0.1, 0.15) is 0 Å². The molecule has 18 heavy (non-hydrogen) atoms. The Labute approximate surface area is 113 Å². The van der Waals surface area contributed by atoms with Crippen molar-refractivity contribution in [2.24, 2.45) is 5.92 Å². The molecule has 1 atom stereocenters. The second kappa shape index (κ2) is 6.92. The fraction of sp³-hybridized carbons (Fsp3) is 0.750. The number of rotatable bonds is 7. The molecule has 1 heterocycles. The molecule has 1 unspecified atom stereocenters. The molecule has 0 aliphatic heterocycles. The summed E-state index contributed by atoms with van der Waals surface area (Å²) < 4.78 is 5.25. The molecule has 0 fully saturated rings. The van der Waals surface area contributed by atoms with Crippen molar-refractivity contribution in [2.75, 3.05) is 32.6 Å². The van der Waals surface area contributed by atoms with E-state index in [0.717, 1.165) is 10.0 Å². The van der Waals surface area contributed by atoms with Gasteiger partial charge in [0, 0.05) is 27.2 Å². The van der Waals surface area contributed by atoms with Crippen molar-refractivity contribution in [3.8, 4) is 5.88 Å². The van der Waals surface area contributed by atoms with Gasteiger partial charge in [-0.25, -0.2) is 0 Å². The molecular formula is C12H23N3O2S. The van der Waals surface area contributed by atoms with E-state index in [2.05, 4.69) is 10.3 Å². The molecule has 0 saturated carbocycles. The van der Waals surface area contributed by atoms with Crippen molar-refractivity contribution < 1.29 is 9.84 Å². The number of ether oxygens (including phenoxy) is 1. The van der Waals surface area contributed by atoms with E-state index in [-0.39, 0.29) is 12.0 Å². The van der Waals surface area contributed by atoms with Gasteiger partial charge in [-0.2, -0.15) is 4.98 Å². The van der Waals surface area contributed by atoms with E-state index >= 15 is 0 Å². The Bertz CT molecular complexity index is 366. The molecule has 1 aromatic rings. The molecule has 5 nitrogen and oxygen atoms in total. The normalized spacial score (nSPS) is 12.8. The largest absolute Gasteiger partial charge is 0.480 e. The zero-order valence-corrected chi connectivity index (χ0v) is 12.5. The Balaban J connectivity index is 2.56. The van der Waals surface area contributed by atoms with Crippen LogP contribution in [0.25, 0.3) is 0 Å². The van der Waals surface area contributed by atoms with Gasteiger partial charge in [-0.1, -0.05) is 25.2 Å². The van der Waals surface area contributed by atoms with E-state index in [4.69, 9.17) is 4.74 Å². The van der Waals surface area contributed by atoms with E-state index < -0.39 is 0 Å². The van der Waals surface area contributed by atoms with Crippen molar-refractivity contribution in [3.05, 3.63) is 4.88 Å². The molecule has 0 aliphatic rings. The third-order valence-electron chi connectivity index (χ3n) is 2.63. The number of hydrogen-bond donors (Lipinski definition) is 2. The summed E-state index contributed by atoms with van der Waals surface area (Å²) in [6.07, 6.45) is -0.322. The minimum Gasteiger partial charge on any atom is -0.480 e. The van der Waals surface area contributed by atoms with Gasteiger partial charge >= 0.3 is 0 Å². The minimum atomic E-state index is -0.322. The highest BCUT2D eigenvalue weighted by Crippen LogP contribution is 2.30. The molecule has 0 aromatic carbocycles. The van der Waals surface area contributed by atoms with E-state index in [1.165, 1.54) is 0 Å². The summed E-state index contributed by atoms with van der Waals surface area (Å²) in [6, 6.07) is 0. The Morgan fingerprint density at radius 2 is 2.11 bits per heavy atom. The zero-order chi connectivity index (χ0) is 13.7. The highest BCUT2D eigenvalue weighted by molar-refractivity contribution is 7.15. The van der Waals surface area contributed by atoms with Crippen LogP contribution in [-0.4, -0.2) is 43.9 Å². The number of methoxy groups -OCH3 is 1. The average Bonchev–Trinajstić information content (AvgIpc) is 2.72. The summed E-state index contributed by atoms with van der Waals surface area (Å²) in [7, 11) is 5.54. The van der Waals surface area contributed by atoms with Crippen LogP contribution in [-0.2, 0) is 6.54 Å². The fourth-order valence-corrected chi connectivity index (χ4v) is 2.28. The van der Waals surface area contributed by atoms with Crippen LogP contribution in [0.1, 0.15) is 18.7 Å². The van der Waals surface area contributed by atoms with Crippen molar-refractivity contribution in [1.29, 1.82) is 0 Å². The van der Waals surface area contributed by atoms with Crippen molar-refractivity contribution in [2.45, 2.75) is 26.5 Å². The molecule has 104 valence electrons. The molecule has 0 amide bonds. The Hall–Kier alpha value is -0.850. The minimum absolute atomic E-state index is 0.262. The number of aliphatic hydroxyl groups is 1. The third-order valence-corrected chi connectivity index (χ3v) is 3.84. The number of anilines is 1. The number of aromatic nitrogens is 1. The molecule has 0 bridgehead atoms. The van der Waals surface area contributed by atoms with Crippen LogP contribution in [0.3, 0.4) is 0 Å². The summed E-state index contributed by atoms with van der Waals surface area (Å²) in [5, 5.41) is 13.9. The smallest absolute Gasteiger partial charge is 0.230 e. The van der Waals surface area contributed by atoms with Gasteiger partial charge in [-0.3, -0.25) is 0 Å². The number of nitrogens with one attached hydrogen (secondary N) is 1. The molecule has 6 heteroatoms. The standard InChI is InChI=1S/C12H23N3O2S/c1-8(2)9(16)6-13-7-10-11(17-5)14-12(18-10)15(3)4/h8-9,13,16H,6-7H2,1-5H3. The second-order valence-electron chi connectivity index (χ2n) is 4.77. The average molecular weight is 273 g/mol. The molecule has 0 aliphatic carbocycles. The van der Waals surface area contributed by atoms with Crippen LogP contribution in [0.2, 0.25) is 0 Å². The van der Waals surface area contributed by atoms with Crippen molar-refractivity contribution in [1.82, 2.24) is 10.3 Å². The number of nitrogens with zero attached hydrogens (tertiary/aromatic N) is 2. The number of aliphatic hydroxyl groups excluding tert-OH is 1. The van der Waals surface area contributed by atoms with Crippen LogP contribution in [0.4, 0.5) is 5.13 Å². The first-order chi connectivity index (χ1) is 8.45. The van der Waals surface area contributed by atoms with Crippen LogP contribution in [0.15, 0.2) is 0 Å². The van der Waals surface area contributed by atoms with Gasteiger partial charge in [0.15, 0.2) is 5.13 Å². The third kappa shape index (κ3) is 4.12. The maximum absolute atomic E-state index is 9.71. The molecule has 0 saturated heterocycles. The highest BCUT2D eigenvalue weighted by Gasteiger charge is 2.14.